The lowest BCUT2D eigenvalue weighted by atomic mass is 9.93. The molecule has 1 saturated heterocycles. The van der Waals surface area contributed by atoms with Crippen LogP contribution < -0.4 is 0 Å². The molecule has 0 unspecified atom stereocenters. The lowest BCUT2D eigenvalue weighted by Crippen LogP contribution is -2.36. The Kier molecular flexibility index (Phi) is 5.24. The number of halogens is 3. The van der Waals surface area contributed by atoms with Crippen molar-refractivity contribution < 1.29 is 22.7 Å². The summed E-state index contributed by atoms with van der Waals surface area (Å²) in [6.07, 6.45) is -2.92. The van der Waals surface area contributed by atoms with Gasteiger partial charge in [0.2, 0.25) is 0 Å². The lowest BCUT2D eigenvalue weighted by Gasteiger charge is -2.31. The molecule has 0 saturated carbocycles. The molecule has 0 amide bonds. The van der Waals surface area contributed by atoms with Crippen molar-refractivity contribution in [3.8, 4) is 0 Å². The molecule has 0 aromatic rings. The summed E-state index contributed by atoms with van der Waals surface area (Å²) in [6, 6.07) is 0. The van der Waals surface area contributed by atoms with Crippen LogP contribution in [0.25, 0.3) is 0 Å². The highest BCUT2D eigenvalue weighted by molar-refractivity contribution is 5.69. The van der Waals surface area contributed by atoms with Gasteiger partial charge in [0.1, 0.15) is 0 Å². The average Bonchev–Trinajstić information content (AvgIpc) is 2.27. The molecule has 1 fully saturated rings. The largest absolute Gasteiger partial charge is 0.469 e. The minimum Gasteiger partial charge on any atom is -0.469 e. The molecule has 0 aromatic heterocycles. The van der Waals surface area contributed by atoms with Crippen molar-refractivity contribution >= 4 is 5.97 Å². The third-order valence-electron chi connectivity index (χ3n) is 3.10. The van der Waals surface area contributed by atoms with Gasteiger partial charge in [-0.15, -0.1) is 0 Å². The third kappa shape index (κ3) is 5.91. The number of likely N-dealkylation sites (tertiary alicyclic amines) is 1. The van der Waals surface area contributed by atoms with Gasteiger partial charge in [-0.05, 0) is 31.8 Å². The molecule has 0 aromatic carbocycles. The van der Waals surface area contributed by atoms with Crippen LogP contribution >= 0.6 is 0 Å². The van der Waals surface area contributed by atoms with Crippen LogP contribution in [0.5, 0.6) is 0 Å². The average molecular weight is 253 g/mol. The number of carbonyl (C=O) groups excluding carboxylic acids is 1. The summed E-state index contributed by atoms with van der Waals surface area (Å²) in [7, 11) is 1.35. The summed E-state index contributed by atoms with van der Waals surface area (Å²) in [5.41, 5.74) is 0. The van der Waals surface area contributed by atoms with E-state index in [-0.39, 0.29) is 18.4 Å². The fraction of sp³-hybridized carbons (Fsp3) is 0.909. The molecule has 0 N–H and O–H groups in total. The molecule has 100 valence electrons. The Morgan fingerprint density at radius 3 is 2.41 bits per heavy atom. The molecule has 3 nitrogen and oxygen atoms in total. The zero-order valence-electron chi connectivity index (χ0n) is 9.92. The van der Waals surface area contributed by atoms with E-state index in [9.17, 15) is 18.0 Å². The van der Waals surface area contributed by atoms with Gasteiger partial charge in [0.15, 0.2) is 0 Å². The molecule has 1 aliphatic heterocycles. The number of ether oxygens (including phenoxy) is 1. The fourth-order valence-electron chi connectivity index (χ4n) is 2.02. The van der Waals surface area contributed by atoms with Gasteiger partial charge in [0.25, 0.3) is 0 Å². The SMILES string of the molecule is COC(=O)CC1CCN(CCC(F)(F)F)CC1. The Morgan fingerprint density at radius 2 is 1.94 bits per heavy atom. The molecule has 0 atom stereocenters. The normalized spacial score (nSPS) is 19.3. The predicted octanol–water partition coefficient (Wildman–Crippen LogP) is 2.21. The van der Waals surface area contributed by atoms with Crippen molar-refractivity contribution in [1.82, 2.24) is 4.90 Å². The molecular formula is C11H18F3NO2. The van der Waals surface area contributed by atoms with E-state index < -0.39 is 12.6 Å². The molecule has 0 spiro atoms. The highest BCUT2D eigenvalue weighted by atomic mass is 19.4. The zero-order chi connectivity index (χ0) is 12.9. The number of carbonyl (C=O) groups is 1. The van der Waals surface area contributed by atoms with Gasteiger partial charge < -0.3 is 9.64 Å². The number of methoxy groups -OCH3 is 1. The van der Waals surface area contributed by atoms with Gasteiger partial charge in [0, 0.05) is 13.0 Å². The van der Waals surface area contributed by atoms with Crippen LogP contribution in [-0.4, -0.2) is 43.8 Å². The van der Waals surface area contributed by atoms with Crippen molar-refractivity contribution in [1.29, 1.82) is 0 Å². The first kappa shape index (κ1) is 14.3. The number of rotatable bonds is 4. The van der Waals surface area contributed by atoms with E-state index in [1.165, 1.54) is 7.11 Å². The molecule has 0 bridgehead atoms. The van der Waals surface area contributed by atoms with E-state index in [2.05, 4.69) is 4.74 Å². The second-order valence-corrected chi connectivity index (χ2v) is 4.43. The second-order valence-electron chi connectivity index (χ2n) is 4.43. The van der Waals surface area contributed by atoms with Crippen LogP contribution in [0, 0.1) is 5.92 Å². The van der Waals surface area contributed by atoms with Gasteiger partial charge in [-0.25, -0.2) is 0 Å². The first-order valence-electron chi connectivity index (χ1n) is 5.76. The van der Waals surface area contributed by atoms with Crippen LogP contribution in [0.4, 0.5) is 13.2 Å². The van der Waals surface area contributed by atoms with Crippen LogP contribution in [0.15, 0.2) is 0 Å². The van der Waals surface area contributed by atoms with Gasteiger partial charge in [-0.2, -0.15) is 13.2 Å². The van der Waals surface area contributed by atoms with E-state index in [0.29, 0.717) is 19.5 Å². The van der Waals surface area contributed by atoms with Gasteiger partial charge in [-0.1, -0.05) is 0 Å². The van der Waals surface area contributed by atoms with Gasteiger partial charge in [-0.3, -0.25) is 4.79 Å². The highest BCUT2D eigenvalue weighted by Gasteiger charge is 2.29. The molecule has 1 rings (SSSR count). The smallest absolute Gasteiger partial charge is 0.390 e. The molecule has 1 aliphatic rings. The van der Waals surface area contributed by atoms with Gasteiger partial charge in [0.05, 0.1) is 13.5 Å². The minimum atomic E-state index is -4.08. The highest BCUT2D eigenvalue weighted by Crippen LogP contribution is 2.24. The van der Waals surface area contributed by atoms with Gasteiger partial charge >= 0.3 is 12.1 Å². The van der Waals surface area contributed by atoms with Crippen molar-refractivity contribution in [3.63, 3.8) is 0 Å². The molecule has 0 aliphatic carbocycles. The number of piperidine rings is 1. The molecular weight excluding hydrogens is 235 g/mol. The Morgan fingerprint density at radius 1 is 1.35 bits per heavy atom. The Labute approximate surface area is 98.9 Å². The quantitative estimate of drug-likeness (QED) is 0.719. The number of nitrogens with zero attached hydrogens (tertiary/aromatic N) is 1. The minimum absolute atomic E-state index is 0.0639. The number of esters is 1. The number of hydrogen-bond acceptors (Lipinski definition) is 3. The van der Waals surface area contributed by atoms with Crippen molar-refractivity contribution in [2.75, 3.05) is 26.7 Å². The maximum absolute atomic E-state index is 12.0. The summed E-state index contributed by atoms with van der Waals surface area (Å²) >= 11 is 0. The Bertz CT molecular complexity index is 248. The summed E-state index contributed by atoms with van der Waals surface area (Å²) in [4.78, 5) is 12.8. The fourth-order valence-corrected chi connectivity index (χ4v) is 2.02. The maximum Gasteiger partial charge on any atom is 0.390 e. The van der Waals surface area contributed by atoms with Crippen LogP contribution in [0.3, 0.4) is 0 Å². The predicted molar refractivity (Wildman–Crippen MR) is 56.5 cm³/mol. The standard InChI is InChI=1S/C11H18F3NO2/c1-17-10(16)8-9-2-5-15(6-3-9)7-4-11(12,13)14/h9H,2-8H2,1H3. The number of alkyl halides is 3. The maximum atomic E-state index is 12.0. The molecule has 6 heteroatoms. The van der Waals surface area contributed by atoms with E-state index in [0.717, 1.165) is 12.8 Å². The summed E-state index contributed by atoms with van der Waals surface area (Å²) in [6.45, 7) is 1.34. The van der Waals surface area contributed by atoms with Crippen molar-refractivity contribution in [2.45, 2.75) is 31.9 Å². The third-order valence-corrected chi connectivity index (χ3v) is 3.10. The van der Waals surface area contributed by atoms with Crippen molar-refractivity contribution in [3.05, 3.63) is 0 Å². The molecule has 0 radical (unpaired) electrons. The van der Waals surface area contributed by atoms with Crippen molar-refractivity contribution in [2.24, 2.45) is 5.92 Å². The van der Waals surface area contributed by atoms with Crippen LogP contribution in [0.2, 0.25) is 0 Å². The molecule has 1 heterocycles. The first-order valence-corrected chi connectivity index (χ1v) is 5.76. The van der Waals surface area contributed by atoms with E-state index in [1.807, 2.05) is 0 Å². The van der Waals surface area contributed by atoms with Crippen LogP contribution in [0.1, 0.15) is 25.7 Å². The summed E-state index contributed by atoms with van der Waals surface area (Å²) in [5.74, 6) is 0.0170. The first-order chi connectivity index (χ1) is 7.90. The molecule has 17 heavy (non-hydrogen) atoms. The summed E-state index contributed by atoms with van der Waals surface area (Å²) in [5, 5.41) is 0. The topological polar surface area (TPSA) is 29.5 Å². The van der Waals surface area contributed by atoms with E-state index in [1.54, 1.807) is 4.90 Å². The monoisotopic (exact) mass is 253 g/mol. The van der Waals surface area contributed by atoms with Crippen LogP contribution in [-0.2, 0) is 9.53 Å². The Hall–Kier alpha value is -0.780. The van der Waals surface area contributed by atoms with E-state index in [4.69, 9.17) is 0 Å². The van der Waals surface area contributed by atoms with E-state index >= 15 is 0 Å². The summed E-state index contributed by atoms with van der Waals surface area (Å²) < 4.78 is 40.6. The lowest BCUT2D eigenvalue weighted by molar-refractivity contribution is -0.142. The second kappa shape index (κ2) is 6.23. The number of hydrogen-bond donors (Lipinski definition) is 0. The Balaban J connectivity index is 2.19. The zero-order valence-corrected chi connectivity index (χ0v) is 9.92.